The molecule has 168 valence electrons. The summed E-state index contributed by atoms with van der Waals surface area (Å²) in [5.74, 6) is -1.83. The van der Waals surface area contributed by atoms with Crippen LogP contribution < -0.4 is 11.1 Å². The van der Waals surface area contributed by atoms with Gasteiger partial charge in [-0.2, -0.15) is 13.2 Å². The first-order valence-electron chi connectivity index (χ1n) is 8.76. The van der Waals surface area contributed by atoms with Gasteiger partial charge < -0.3 is 11.1 Å². The highest BCUT2D eigenvalue weighted by Crippen LogP contribution is 2.35. The van der Waals surface area contributed by atoms with E-state index in [1.807, 2.05) is 0 Å². The molecule has 0 aliphatic heterocycles. The lowest BCUT2D eigenvalue weighted by Crippen LogP contribution is -2.13. The van der Waals surface area contributed by atoms with Crippen molar-refractivity contribution in [3.63, 3.8) is 0 Å². The number of nitrogen functional groups attached to an aromatic ring is 1. The molecule has 32 heavy (non-hydrogen) atoms. The molecule has 3 aromatic rings. The van der Waals surface area contributed by atoms with Crippen LogP contribution in [0.1, 0.15) is 50.0 Å². The Morgan fingerprint density at radius 1 is 1.19 bits per heavy atom. The molecule has 0 bridgehead atoms. The SMILES string of the molecule is C[C@@H](CC(=O)c1ncnc(N)c1Cl)c1ncc(C(=O)Nc2cc(C(F)(F)F)c(Cl)cn2)s1. The molecule has 0 aliphatic carbocycles. The van der Waals surface area contributed by atoms with Gasteiger partial charge >= 0.3 is 6.18 Å². The Balaban J connectivity index is 1.70. The molecule has 0 saturated heterocycles. The molecule has 3 N–H and O–H groups in total. The highest BCUT2D eigenvalue weighted by atomic mass is 35.5. The van der Waals surface area contributed by atoms with Crippen LogP contribution >= 0.6 is 34.5 Å². The third kappa shape index (κ3) is 5.31. The van der Waals surface area contributed by atoms with Crippen molar-refractivity contribution >= 4 is 57.9 Å². The van der Waals surface area contributed by atoms with Gasteiger partial charge in [-0.15, -0.1) is 11.3 Å². The van der Waals surface area contributed by atoms with Crippen molar-refractivity contribution in [3.05, 3.63) is 56.0 Å². The molecular formula is C18H13Cl2F3N6O2S. The van der Waals surface area contributed by atoms with Crippen LogP contribution in [0, 0.1) is 0 Å². The van der Waals surface area contributed by atoms with Crippen molar-refractivity contribution in [2.75, 3.05) is 11.1 Å². The molecule has 0 aromatic carbocycles. The van der Waals surface area contributed by atoms with Crippen LogP contribution in [0.2, 0.25) is 10.0 Å². The Hall–Kier alpha value is -2.83. The molecule has 0 aliphatic rings. The Bertz CT molecular complexity index is 1190. The number of rotatable bonds is 6. The molecule has 3 heterocycles. The molecular weight excluding hydrogens is 492 g/mol. The van der Waals surface area contributed by atoms with Gasteiger partial charge in [0, 0.05) is 18.5 Å². The number of hydrogen-bond donors (Lipinski definition) is 2. The monoisotopic (exact) mass is 504 g/mol. The van der Waals surface area contributed by atoms with Gasteiger partial charge in [-0.1, -0.05) is 30.1 Å². The van der Waals surface area contributed by atoms with Crippen LogP contribution in [0.4, 0.5) is 24.8 Å². The van der Waals surface area contributed by atoms with Gasteiger partial charge in [0.15, 0.2) is 5.78 Å². The fourth-order valence-electron chi connectivity index (χ4n) is 2.56. The summed E-state index contributed by atoms with van der Waals surface area (Å²) < 4.78 is 38.9. The topological polar surface area (TPSA) is 124 Å². The fraction of sp³-hybridized carbons (Fsp3) is 0.222. The molecule has 1 amide bonds. The number of alkyl halides is 3. The molecule has 3 rings (SSSR count). The zero-order chi connectivity index (χ0) is 23.6. The van der Waals surface area contributed by atoms with Gasteiger partial charge in [-0.25, -0.2) is 19.9 Å². The number of halogens is 5. The quantitative estimate of drug-likeness (QED) is 0.459. The minimum absolute atomic E-state index is 0.0154. The van der Waals surface area contributed by atoms with E-state index in [1.165, 1.54) is 6.20 Å². The zero-order valence-corrected chi connectivity index (χ0v) is 18.4. The maximum absolute atomic E-state index is 13.0. The minimum atomic E-state index is -4.70. The summed E-state index contributed by atoms with van der Waals surface area (Å²) >= 11 is 12.5. The van der Waals surface area contributed by atoms with Gasteiger partial charge in [0.25, 0.3) is 5.91 Å². The second-order valence-corrected chi connectivity index (χ2v) is 8.36. The van der Waals surface area contributed by atoms with Crippen LogP contribution in [0.15, 0.2) is 24.8 Å². The van der Waals surface area contributed by atoms with E-state index < -0.39 is 28.6 Å². The largest absolute Gasteiger partial charge is 0.418 e. The smallest absolute Gasteiger partial charge is 0.382 e. The maximum atomic E-state index is 13.0. The number of nitrogens with one attached hydrogen (secondary N) is 1. The molecule has 0 radical (unpaired) electrons. The Labute approximate surface area is 193 Å². The number of amides is 1. The number of carbonyl (C=O) groups is 2. The average molecular weight is 505 g/mol. The Morgan fingerprint density at radius 3 is 2.59 bits per heavy atom. The van der Waals surface area contributed by atoms with E-state index >= 15 is 0 Å². The molecule has 0 spiro atoms. The number of aromatic nitrogens is 4. The van der Waals surface area contributed by atoms with E-state index in [0.29, 0.717) is 11.1 Å². The summed E-state index contributed by atoms with van der Waals surface area (Å²) in [7, 11) is 0. The number of nitrogens with zero attached hydrogens (tertiary/aromatic N) is 4. The van der Waals surface area contributed by atoms with E-state index in [0.717, 1.165) is 23.9 Å². The minimum Gasteiger partial charge on any atom is -0.382 e. The Kier molecular flexibility index (Phi) is 6.96. The number of pyridine rings is 1. The zero-order valence-electron chi connectivity index (χ0n) is 16.1. The lowest BCUT2D eigenvalue weighted by atomic mass is 10.0. The number of carbonyl (C=O) groups excluding carboxylic acids is 2. The second-order valence-electron chi connectivity index (χ2n) is 6.51. The first kappa shape index (κ1) is 23.8. The van der Waals surface area contributed by atoms with E-state index in [1.54, 1.807) is 6.92 Å². The van der Waals surface area contributed by atoms with Gasteiger partial charge in [-0.3, -0.25) is 9.59 Å². The molecule has 3 aromatic heterocycles. The summed E-state index contributed by atoms with van der Waals surface area (Å²) in [5, 5.41) is 2.11. The highest BCUT2D eigenvalue weighted by Gasteiger charge is 2.34. The van der Waals surface area contributed by atoms with E-state index in [2.05, 4.69) is 25.3 Å². The number of ketones is 1. The predicted molar refractivity (Wildman–Crippen MR) is 113 cm³/mol. The van der Waals surface area contributed by atoms with Gasteiger partial charge in [-0.05, 0) is 6.07 Å². The summed E-state index contributed by atoms with van der Waals surface area (Å²) in [6.07, 6.45) is -1.53. The summed E-state index contributed by atoms with van der Waals surface area (Å²) in [4.78, 5) is 40.4. The van der Waals surface area contributed by atoms with Crippen molar-refractivity contribution in [1.29, 1.82) is 0 Å². The van der Waals surface area contributed by atoms with Crippen molar-refractivity contribution in [1.82, 2.24) is 19.9 Å². The lowest BCUT2D eigenvalue weighted by molar-refractivity contribution is -0.137. The van der Waals surface area contributed by atoms with Crippen LogP contribution in [0.3, 0.4) is 0 Å². The van der Waals surface area contributed by atoms with Crippen LogP contribution in [0.5, 0.6) is 0 Å². The van der Waals surface area contributed by atoms with Crippen molar-refractivity contribution < 1.29 is 22.8 Å². The summed E-state index contributed by atoms with van der Waals surface area (Å²) in [6.45, 7) is 1.72. The van der Waals surface area contributed by atoms with Crippen molar-refractivity contribution in [3.8, 4) is 0 Å². The van der Waals surface area contributed by atoms with Crippen LogP contribution in [-0.2, 0) is 6.18 Å². The normalized spacial score (nSPS) is 12.4. The molecule has 1 atom stereocenters. The van der Waals surface area contributed by atoms with Gasteiger partial charge in [0.05, 0.1) is 21.8 Å². The number of thiazole rings is 1. The molecule has 0 unspecified atom stereocenters. The van der Waals surface area contributed by atoms with E-state index in [-0.39, 0.29) is 39.4 Å². The Morgan fingerprint density at radius 2 is 1.91 bits per heavy atom. The highest BCUT2D eigenvalue weighted by molar-refractivity contribution is 7.13. The second kappa shape index (κ2) is 9.35. The molecule has 14 heteroatoms. The fourth-order valence-corrected chi connectivity index (χ4v) is 3.84. The average Bonchev–Trinajstić information content (AvgIpc) is 3.21. The third-order valence-corrected chi connectivity index (χ3v) is 6.04. The van der Waals surface area contributed by atoms with Crippen LogP contribution in [0.25, 0.3) is 0 Å². The van der Waals surface area contributed by atoms with E-state index in [4.69, 9.17) is 28.9 Å². The molecule has 8 nitrogen and oxygen atoms in total. The summed E-state index contributed by atoms with van der Waals surface area (Å²) in [5.41, 5.74) is 4.44. The first-order chi connectivity index (χ1) is 15.0. The van der Waals surface area contributed by atoms with Gasteiger partial charge in [0.1, 0.15) is 33.6 Å². The van der Waals surface area contributed by atoms with E-state index in [9.17, 15) is 22.8 Å². The number of anilines is 2. The van der Waals surface area contributed by atoms with Gasteiger partial charge in [0.2, 0.25) is 0 Å². The van der Waals surface area contributed by atoms with Crippen molar-refractivity contribution in [2.45, 2.75) is 25.4 Å². The standard InChI is InChI=1S/C18H13Cl2F3N6O2S/c1-7(2-10(30)14-13(20)15(24)28-6-27-14)17-26-5-11(32-17)16(31)29-12-3-8(18(21,22)23)9(19)4-25-12/h3-7H,2H2,1H3,(H2,24,27,28)(H,25,29,31)/t7-/m0/s1. The van der Waals surface area contributed by atoms with Crippen molar-refractivity contribution in [2.24, 2.45) is 0 Å². The van der Waals surface area contributed by atoms with Crippen LogP contribution in [-0.4, -0.2) is 31.6 Å². The first-order valence-corrected chi connectivity index (χ1v) is 10.3. The molecule has 0 saturated carbocycles. The summed E-state index contributed by atoms with van der Waals surface area (Å²) in [6, 6.07) is 0.640. The predicted octanol–water partition coefficient (Wildman–Crippen LogP) is 4.86. The number of hydrogen-bond acceptors (Lipinski definition) is 8. The lowest BCUT2D eigenvalue weighted by Gasteiger charge is -2.10. The maximum Gasteiger partial charge on any atom is 0.418 e. The molecule has 0 fully saturated rings. The number of nitrogens with two attached hydrogens (primary N) is 1. The third-order valence-electron chi connectivity index (χ3n) is 4.14. The number of Topliss-reactive ketones (excluding diaryl/α,β-unsaturated/α-hetero) is 1.